The van der Waals surface area contributed by atoms with Crippen LogP contribution in [0.5, 0.6) is 0 Å². The predicted octanol–water partition coefficient (Wildman–Crippen LogP) is 4.25. The third kappa shape index (κ3) is 1.91. The van der Waals surface area contributed by atoms with Crippen LogP contribution in [0.1, 0.15) is 27.8 Å². The third-order valence-electron chi connectivity index (χ3n) is 5.59. The number of anilines is 2. The zero-order valence-corrected chi connectivity index (χ0v) is 14.7. The first-order valence-electron chi connectivity index (χ1n) is 9.05. The lowest BCUT2D eigenvalue weighted by molar-refractivity contribution is -0.118. The van der Waals surface area contributed by atoms with Crippen LogP contribution in [0.2, 0.25) is 0 Å². The number of fused-ring (bicyclic) bond motifs is 2. The number of hydrogen-bond donors (Lipinski definition) is 2. The fraction of sp³-hybridized carbons (Fsp3) is 0.174. The highest BCUT2D eigenvalue weighted by atomic mass is 16.2. The standard InChI is InChI=1S/C23H20N2O/c1-15-13-16-11-12-24-21(16)19(14-15)23(17-7-3-2-4-8-17)18-9-5-6-10-20(18)25-22(23)26/h2-10,13-14,24H,11-12H2,1H3,(H,25,26). The monoisotopic (exact) mass is 340 g/mol. The summed E-state index contributed by atoms with van der Waals surface area (Å²) < 4.78 is 0. The molecule has 0 aromatic heterocycles. The van der Waals surface area contributed by atoms with E-state index in [0.717, 1.165) is 41.0 Å². The molecule has 0 fully saturated rings. The average molecular weight is 340 g/mol. The smallest absolute Gasteiger partial charge is 0.244 e. The molecule has 3 aromatic carbocycles. The van der Waals surface area contributed by atoms with Crippen molar-refractivity contribution in [3.8, 4) is 0 Å². The molecule has 1 amide bonds. The second-order valence-electron chi connectivity index (χ2n) is 7.14. The number of carbonyl (C=O) groups is 1. The van der Waals surface area contributed by atoms with Gasteiger partial charge in [-0.1, -0.05) is 66.2 Å². The van der Waals surface area contributed by atoms with Gasteiger partial charge in [-0.25, -0.2) is 0 Å². The van der Waals surface area contributed by atoms with Crippen LogP contribution in [0, 0.1) is 6.92 Å². The van der Waals surface area contributed by atoms with Gasteiger partial charge in [-0.2, -0.15) is 0 Å². The van der Waals surface area contributed by atoms with Crippen molar-refractivity contribution in [2.75, 3.05) is 17.2 Å². The highest BCUT2D eigenvalue weighted by Gasteiger charge is 2.51. The molecule has 2 N–H and O–H groups in total. The Morgan fingerprint density at radius 2 is 1.69 bits per heavy atom. The van der Waals surface area contributed by atoms with Crippen molar-refractivity contribution < 1.29 is 4.79 Å². The van der Waals surface area contributed by atoms with E-state index in [1.807, 2.05) is 36.4 Å². The Morgan fingerprint density at radius 3 is 2.54 bits per heavy atom. The minimum Gasteiger partial charge on any atom is -0.384 e. The van der Waals surface area contributed by atoms with Gasteiger partial charge >= 0.3 is 0 Å². The first-order chi connectivity index (χ1) is 12.7. The zero-order chi connectivity index (χ0) is 17.7. The van der Waals surface area contributed by atoms with Crippen molar-refractivity contribution in [3.63, 3.8) is 0 Å². The van der Waals surface area contributed by atoms with Crippen molar-refractivity contribution in [2.45, 2.75) is 18.8 Å². The van der Waals surface area contributed by atoms with E-state index in [4.69, 9.17) is 0 Å². The summed E-state index contributed by atoms with van der Waals surface area (Å²) in [4.78, 5) is 13.5. The van der Waals surface area contributed by atoms with Crippen molar-refractivity contribution >= 4 is 17.3 Å². The van der Waals surface area contributed by atoms with Crippen LogP contribution in [-0.2, 0) is 16.6 Å². The van der Waals surface area contributed by atoms with Crippen molar-refractivity contribution in [1.82, 2.24) is 0 Å². The van der Waals surface area contributed by atoms with Crippen molar-refractivity contribution in [1.29, 1.82) is 0 Å². The maximum atomic E-state index is 13.5. The van der Waals surface area contributed by atoms with E-state index in [-0.39, 0.29) is 5.91 Å². The Balaban J connectivity index is 1.91. The molecule has 0 spiro atoms. The van der Waals surface area contributed by atoms with Gasteiger partial charge in [0, 0.05) is 29.0 Å². The second kappa shape index (κ2) is 5.46. The third-order valence-corrected chi connectivity index (χ3v) is 5.59. The summed E-state index contributed by atoms with van der Waals surface area (Å²) in [6.45, 7) is 3.03. The highest BCUT2D eigenvalue weighted by molar-refractivity contribution is 6.12. The first kappa shape index (κ1) is 15.2. The maximum absolute atomic E-state index is 13.5. The van der Waals surface area contributed by atoms with E-state index in [9.17, 15) is 4.79 Å². The quantitative estimate of drug-likeness (QED) is 0.732. The molecule has 3 heteroatoms. The molecule has 2 aliphatic rings. The van der Waals surface area contributed by atoms with E-state index < -0.39 is 5.41 Å². The predicted molar refractivity (Wildman–Crippen MR) is 105 cm³/mol. The second-order valence-corrected chi connectivity index (χ2v) is 7.14. The van der Waals surface area contributed by atoms with Gasteiger partial charge in [0.2, 0.25) is 5.91 Å². The number of hydrogen-bond acceptors (Lipinski definition) is 2. The molecule has 3 nitrogen and oxygen atoms in total. The van der Waals surface area contributed by atoms with Crippen LogP contribution in [0.25, 0.3) is 0 Å². The van der Waals surface area contributed by atoms with E-state index in [0.29, 0.717) is 0 Å². The lowest BCUT2D eigenvalue weighted by Gasteiger charge is -2.31. The highest BCUT2D eigenvalue weighted by Crippen LogP contribution is 2.51. The summed E-state index contributed by atoms with van der Waals surface area (Å²) in [7, 11) is 0. The Kier molecular flexibility index (Phi) is 3.20. The molecule has 0 saturated carbocycles. The molecule has 2 aliphatic heterocycles. The van der Waals surface area contributed by atoms with Crippen LogP contribution in [0.3, 0.4) is 0 Å². The van der Waals surface area contributed by atoms with E-state index in [1.165, 1.54) is 11.1 Å². The van der Waals surface area contributed by atoms with Crippen LogP contribution < -0.4 is 10.6 Å². The van der Waals surface area contributed by atoms with Gasteiger partial charge < -0.3 is 10.6 Å². The Hall–Kier alpha value is -3.07. The van der Waals surface area contributed by atoms with E-state index in [1.54, 1.807) is 0 Å². The van der Waals surface area contributed by atoms with Gasteiger partial charge in [0.15, 0.2) is 0 Å². The number of aryl methyl sites for hydroxylation is 1. The molecule has 0 radical (unpaired) electrons. The molecular weight excluding hydrogens is 320 g/mol. The molecule has 128 valence electrons. The van der Waals surface area contributed by atoms with E-state index in [2.05, 4.69) is 47.9 Å². The van der Waals surface area contributed by atoms with E-state index >= 15 is 0 Å². The number of rotatable bonds is 2. The number of amides is 1. The van der Waals surface area contributed by atoms with Gasteiger partial charge in [0.05, 0.1) is 0 Å². The molecule has 3 aromatic rings. The minimum absolute atomic E-state index is 0.0198. The van der Waals surface area contributed by atoms with Crippen molar-refractivity contribution in [3.05, 3.63) is 94.5 Å². The summed E-state index contributed by atoms with van der Waals surface area (Å²) in [5, 5.41) is 6.67. The molecule has 0 bridgehead atoms. The lowest BCUT2D eigenvalue weighted by Crippen LogP contribution is -2.37. The molecule has 2 heterocycles. The first-order valence-corrected chi connectivity index (χ1v) is 9.05. The summed E-state index contributed by atoms with van der Waals surface area (Å²) in [6, 6.07) is 22.6. The largest absolute Gasteiger partial charge is 0.384 e. The van der Waals surface area contributed by atoms with Crippen molar-refractivity contribution in [2.24, 2.45) is 0 Å². The molecule has 0 aliphatic carbocycles. The van der Waals surface area contributed by atoms with Gasteiger partial charge in [0.25, 0.3) is 0 Å². The number of nitrogens with one attached hydrogen (secondary N) is 2. The molecular formula is C23H20N2O. The molecule has 5 rings (SSSR count). The summed E-state index contributed by atoms with van der Waals surface area (Å²) in [5.74, 6) is 0.0198. The Labute approximate surface area is 153 Å². The number of para-hydroxylation sites is 1. The summed E-state index contributed by atoms with van der Waals surface area (Å²) >= 11 is 0. The Morgan fingerprint density at radius 1 is 0.923 bits per heavy atom. The zero-order valence-electron chi connectivity index (χ0n) is 14.7. The van der Waals surface area contributed by atoms with Gasteiger partial charge in [0.1, 0.15) is 5.41 Å². The topological polar surface area (TPSA) is 41.1 Å². The lowest BCUT2D eigenvalue weighted by atomic mass is 9.69. The maximum Gasteiger partial charge on any atom is 0.244 e. The molecule has 26 heavy (non-hydrogen) atoms. The van der Waals surface area contributed by atoms with Crippen LogP contribution in [-0.4, -0.2) is 12.5 Å². The van der Waals surface area contributed by atoms with Gasteiger partial charge in [-0.15, -0.1) is 0 Å². The fourth-order valence-electron chi connectivity index (χ4n) is 4.54. The Bertz CT molecular complexity index is 1030. The average Bonchev–Trinajstić information content (AvgIpc) is 3.23. The van der Waals surface area contributed by atoms with Gasteiger partial charge in [-0.05, 0) is 30.5 Å². The number of carbonyl (C=O) groups excluding carboxylic acids is 1. The van der Waals surface area contributed by atoms with Crippen LogP contribution in [0.4, 0.5) is 11.4 Å². The SMILES string of the molecule is Cc1cc2c(c(C3(c4ccccc4)C(=O)Nc4ccccc43)c1)NCC2. The van der Waals surface area contributed by atoms with Crippen LogP contribution in [0.15, 0.2) is 66.7 Å². The summed E-state index contributed by atoms with van der Waals surface area (Å²) in [5.41, 5.74) is 6.76. The molecule has 1 atom stereocenters. The normalized spacial score (nSPS) is 20.3. The summed E-state index contributed by atoms with van der Waals surface area (Å²) in [6.07, 6.45) is 0.998. The molecule has 1 unspecified atom stereocenters. The number of benzene rings is 3. The fourth-order valence-corrected chi connectivity index (χ4v) is 4.54. The molecule has 0 saturated heterocycles. The van der Waals surface area contributed by atoms with Gasteiger partial charge in [-0.3, -0.25) is 4.79 Å². The minimum atomic E-state index is -0.828. The van der Waals surface area contributed by atoms with Crippen LogP contribution >= 0.6 is 0 Å².